The fraction of sp³-hybridized carbons (Fsp3) is 0.750. The van der Waals surface area contributed by atoms with E-state index in [2.05, 4.69) is 23.7 Å². The van der Waals surface area contributed by atoms with E-state index in [0.717, 1.165) is 103 Å². The first kappa shape index (κ1) is 35.8. The third-order valence-electron chi connectivity index (χ3n) is 7.65. The standard InChI is InChI=1S/4C8H11O.Pt/c4*1-2-8(9)6-4-3-5-7-8;/h4*9H,3-7H2;/q4*-1;+4. The van der Waals surface area contributed by atoms with Crippen LogP contribution >= 0.6 is 0 Å². The normalized spacial score (nSPS) is 24.2. The van der Waals surface area contributed by atoms with E-state index in [1.165, 1.54) is 25.7 Å². The van der Waals surface area contributed by atoms with Crippen molar-refractivity contribution in [1.82, 2.24) is 0 Å². The summed E-state index contributed by atoms with van der Waals surface area (Å²) in [6.07, 6.45) is 46.2. The molecule has 0 atom stereocenters. The molecular formula is C32H44O4Pt. The topological polar surface area (TPSA) is 80.9 Å². The molecule has 4 N–H and O–H groups in total. The van der Waals surface area contributed by atoms with Gasteiger partial charge in [0.2, 0.25) is 0 Å². The third kappa shape index (κ3) is 14.5. The van der Waals surface area contributed by atoms with Crippen molar-refractivity contribution in [3.8, 4) is 23.7 Å². The average Bonchev–Trinajstić information content (AvgIpc) is 2.92. The molecule has 0 unspecified atom stereocenters. The van der Waals surface area contributed by atoms with Crippen LogP contribution in [0.1, 0.15) is 128 Å². The van der Waals surface area contributed by atoms with Gasteiger partial charge in [-0.2, -0.15) is 0 Å². The van der Waals surface area contributed by atoms with Gasteiger partial charge >= 0.3 is 21.1 Å². The Hall–Kier alpha value is -1.23. The fourth-order valence-electron chi connectivity index (χ4n) is 5.05. The van der Waals surface area contributed by atoms with Gasteiger partial charge in [0.15, 0.2) is 0 Å². The van der Waals surface area contributed by atoms with Gasteiger partial charge in [-0.1, -0.05) is 25.7 Å². The van der Waals surface area contributed by atoms with E-state index in [4.69, 9.17) is 25.7 Å². The number of hydrogen-bond donors (Lipinski definition) is 4. The Morgan fingerprint density at radius 1 is 0.324 bits per heavy atom. The zero-order valence-corrected chi connectivity index (χ0v) is 24.5. The molecule has 0 aromatic rings. The van der Waals surface area contributed by atoms with Crippen molar-refractivity contribution in [2.45, 2.75) is 151 Å². The minimum absolute atomic E-state index is 0. The predicted octanol–water partition coefficient (Wildman–Crippen LogP) is 5.08. The summed E-state index contributed by atoms with van der Waals surface area (Å²) in [5, 5.41) is 37.5. The van der Waals surface area contributed by atoms with E-state index in [9.17, 15) is 20.4 Å². The van der Waals surface area contributed by atoms with E-state index < -0.39 is 22.4 Å². The molecule has 4 nitrogen and oxygen atoms in total. The maximum atomic E-state index is 9.38. The summed E-state index contributed by atoms with van der Waals surface area (Å²) in [5.41, 5.74) is -3.45. The first-order valence-electron chi connectivity index (χ1n) is 13.7. The molecule has 37 heavy (non-hydrogen) atoms. The largest absolute Gasteiger partial charge is 4.00 e. The van der Waals surface area contributed by atoms with Crippen molar-refractivity contribution in [1.29, 1.82) is 0 Å². The smallest absolute Gasteiger partial charge is 0.691 e. The maximum absolute atomic E-state index is 9.38. The number of hydrogen-bond acceptors (Lipinski definition) is 4. The second kappa shape index (κ2) is 18.1. The van der Waals surface area contributed by atoms with Gasteiger partial charge in [-0.05, 0) is 103 Å². The Kier molecular flexibility index (Phi) is 17.5. The summed E-state index contributed by atoms with van der Waals surface area (Å²) in [7, 11) is 0. The minimum atomic E-state index is -0.863. The molecule has 0 radical (unpaired) electrons. The van der Waals surface area contributed by atoms with Gasteiger partial charge in [-0.3, -0.25) is 0 Å². The van der Waals surface area contributed by atoms with Crippen LogP contribution in [0.4, 0.5) is 0 Å². The quantitative estimate of drug-likeness (QED) is 0.212. The molecular weight excluding hydrogens is 643 g/mol. The average molecular weight is 688 g/mol. The van der Waals surface area contributed by atoms with Crippen LogP contribution in [-0.2, 0) is 21.1 Å². The zero-order chi connectivity index (χ0) is 27.0. The van der Waals surface area contributed by atoms with Gasteiger partial charge in [0.25, 0.3) is 0 Å². The monoisotopic (exact) mass is 687 g/mol. The SMILES string of the molecule is [C-]#CC1(O)CCCCC1.[C-]#CC1(O)CCCCC1.[C-]#CC1(O)CCCCC1.[C-]#CC1(O)CCCCC1.[Pt+4]. The summed E-state index contributed by atoms with van der Waals surface area (Å²) in [5.74, 6) is 8.74. The van der Waals surface area contributed by atoms with Crippen LogP contribution in [0.2, 0.25) is 0 Å². The molecule has 4 aliphatic rings. The Labute approximate surface area is 241 Å². The van der Waals surface area contributed by atoms with Gasteiger partial charge in [0, 0.05) is 0 Å². The molecule has 4 rings (SSSR count). The molecule has 0 amide bonds. The number of rotatable bonds is 0. The van der Waals surface area contributed by atoms with Crippen molar-refractivity contribution in [2.75, 3.05) is 0 Å². The molecule has 0 heterocycles. The molecule has 0 bridgehead atoms. The van der Waals surface area contributed by atoms with Crippen LogP contribution in [0.5, 0.6) is 0 Å². The fourth-order valence-corrected chi connectivity index (χ4v) is 5.05. The van der Waals surface area contributed by atoms with Gasteiger partial charge in [-0.25, -0.2) is 0 Å². The summed E-state index contributed by atoms with van der Waals surface area (Å²) in [6, 6.07) is 0. The maximum Gasteiger partial charge on any atom is 4.00 e. The van der Waals surface area contributed by atoms with Crippen LogP contribution in [0.25, 0.3) is 0 Å². The van der Waals surface area contributed by atoms with Gasteiger partial charge in [0.1, 0.15) is 0 Å². The van der Waals surface area contributed by atoms with Crippen LogP contribution in [0, 0.1) is 49.4 Å². The van der Waals surface area contributed by atoms with E-state index in [0.29, 0.717) is 0 Å². The van der Waals surface area contributed by atoms with Crippen molar-refractivity contribution < 1.29 is 41.5 Å². The predicted molar refractivity (Wildman–Crippen MR) is 141 cm³/mol. The summed E-state index contributed by atoms with van der Waals surface area (Å²) in [4.78, 5) is 0. The van der Waals surface area contributed by atoms with Gasteiger partial charge in [0.05, 0.1) is 22.4 Å². The van der Waals surface area contributed by atoms with Crippen LogP contribution in [0.3, 0.4) is 0 Å². The van der Waals surface area contributed by atoms with Crippen LogP contribution in [0.15, 0.2) is 0 Å². The minimum Gasteiger partial charge on any atom is -0.691 e. The van der Waals surface area contributed by atoms with E-state index >= 15 is 0 Å². The molecule has 4 saturated carbocycles. The molecule has 5 heteroatoms. The summed E-state index contributed by atoms with van der Waals surface area (Å²) < 4.78 is 0. The molecule has 4 fully saturated rings. The molecule has 0 saturated heterocycles. The molecule has 4 aliphatic carbocycles. The Morgan fingerprint density at radius 2 is 0.459 bits per heavy atom. The molecule has 0 aliphatic heterocycles. The Morgan fingerprint density at radius 3 is 0.541 bits per heavy atom. The van der Waals surface area contributed by atoms with Gasteiger partial charge < -0.3 is 69.8 Å². The molecule has 0 aromatic carbocycles. The molecule has 0 spiro atoms. The van der Waals surface area contributed by atoms with Crippen molar-refractivity contribution in [3.63, 3.8) is 0 Å². The first-order valence-corrected chi connectivity index (χ1v) is 13.7. The Balaban J connectivity index is 0.000000463. The third-order valence-corrected chi connectivity index (χ3v) is 7.65. The van der Waals surface area contributed by atoms with Crippen molar-refractivity contribution >= 4 is 0 Å². The number of aliphatic hydroxyl groups is 4. The second-order valence-electron chi connectivity index (χ2n) is 10.9. The molecule has 0 aromatic heterocycles. The summed E-state index contributed by atoms with van der Waals surface area (Å²) in [6.45, 7) is 0. The van der Waals surface area contributed by atoms with Crippen molar-refractivity contribution in [3.05, 3.63) is 25.7 Å². The van der Waals surface area contributed by atoms with Crippen molar-refractivity contribution in [2.24, 2.45) is 0 Å². The van der Waals surface area contributed by atoms with E-state index in [1.807, 2.05) is 0 Å². The van der Waals surface area contributed by atoms with E-state index in [1.54, 1.807) is 0 Å². The van der Waals surface area contributed by atoms with Gasteiger partial charge in [-0.15, -0.1) is 0 Å². The molecule has 206 valence electrons. The van der Waals surface area contributed by atoms with Crippen LogP contribution < -0.4 is 0 Å². The van der Waals surface area contributed by atoms with Crippen LogP contribution in [-0.4, -0.2) is 42.8 Å². The zero-order valence-electron chi connectivity index (χ0n) is 22.2. The Bertz CT molecular complexity index is 647. The first-order chi connectivity index (χ1) is 17.1. The second-order valence-corrected chi connectivity index (χ2v) is 10.9. The van der Waals surface area contributed by atoms with E-state index in [-0.39, 0.29) is 21.1 Å². The summed E-state index contributed by atoms with van der Waals surface area (Å²) >= 11 is 0.